The number of aliphatic hydroxyl groups is 1. The van der Waals surface area contributed by atoms with Crippen LogP contribution in [0.15, 0.2) is 6.20 Å². The van der Waals surface area contributed by atoms with Gasteiger partial charge in [0, 0.05) is 24.1 Å². The molecule has 1 aromatic heterocycles. The van der Waals surface area contributed by atoms with Crippen LogP contribution in [0, 0.1) is 0 Å². The van der Waals surface area contributed by atoms with Crippen molar-refractivity contribution in [3.8, 4) is 0 Å². The van der Waals surface area contributed by atoms with Crippen molar-refractivity contribution in [2.45, 2.75) is 38.8 Å². The van der Waals surface area contributed by atoms with Gasteiger partial charge in [0.25, 0.3) is 0 Å². The first-order chi connectivity index (χ1) is 6.76. The number of rotatable bonds is 2. The van der Waals surface area contributed by atoms with Crippen LogP contribution in [0.3, 0.4) is 0 Å². The fourth-order valence-electron chi connectivity index (χ4n) is 2.12. The van der Waals surface area contributed by atoms with E-state index in [1.165, 1.54) is 0 Å². The predicted octanol–water partition coefficient (Wildman–Crippen LogP) is 1.18. The third kappa shape index (κ3) is 1.39. The van der Waals surface area contributed by atoms with Crippen molar-refractivity contribution in [1.82, 2.24) is 9.78 Å². The Morgan fingerprint density at radius 2 is 2.50 bits per heavy atom. The van der Waals surface area contributed by atoms with Crippen LogP contribution in [0.2, 0.25) is 0 Å². The molecule has 0 fully saturated rings. The largest absolute Gasteiger partial charge is 0.396 e. The van der Waals surface area contributed by atoms with Gasteiger partial charge in [0.1, 0.15) is 5.82 Å². The molecule has 0 unspecified atom stereocenters. The van der Waals surface area contributed by atoms with Crippen LogP contribution in [0.5, 0.6) is 0 Å². The first-order valence-corrected chi connectivity index (χ1v) is 5.19. The van der Waals surface area contributed by atoms with Gasteiger partial charge in [-0.1, -0.05) is 0 Å². The van der Waals surface area contributed by atoms with Crippen molar-refractivity contribution in [3.63, 3.8) is 0 Å². The number of aromatic nitrogens is 2. The lowest BCUT2D eigenvalue weighted by Gasteiger charge is -2.28. The molecule has 2 atom stereocenters. The van der Waals surface area contributed by atoms with Crippen LogP contribution in [0.4, 0.5) is 5.82 Å². The van der Waals surface area contributed by atoms with E-state index >= 15 is 0 Å². The summed E-state index contributed by atoms with van der Waals surface area (Å²) in [5.41, 5.74) is 1.16. The molecule has 4 nitrogen and oxygen atoms in total. The topological polar surface area (TPSA) is 50.1 Å². The second kappa shape index (κ2) is 3.61. The van der Waals surface area contributed by atoms with Crippen LogP contribution in [-0.4, -0.2) is 27.5 Å². The first kappa shape index (κ1) is 9.52. The van der Waals surface area contributed by atoms with E-state index in [9.17, 15) is 5.11 Å². The normalized spacial score (nSPS) is 25.6. The van der Waals surface area contributed by atoms with Gasteiger partial charge < -0.3 is 10.4 Å². The van der Waals surface area contributed by atoms with Crippen molar-refractivity contribution < 1.29 is 5.11 Å². The van der Waals surface area contributed by atoms with Crippen molar-refractivity contribution >= 4 is 5.82 Å². The molecule has 0 aliphatic carbocycles. The Morgan fingerprint density at radius 1 is 1.71 bits per heavy atom. The molecule has 0 amide bonds. The minimum atomic E-state index is 0.217. The summed E-state index contributed by atoms with van der Waals surface area (Å²) in [6.07, 6.45) is 2.86. The third-order valence-corrected chi connectivity index (χ3v) is 2.85. The number of aliphatic hydroxyl groups excluding tert-OH is 1. The lowest BCUT2D eigenvalue weighted by molar-refractivity contribution is 0.253. The van der Waals surface area contributed by atoms with Crippen molar-refractivity contribution in [1.29, 1.82) is 0 Å². The Balaban J connectivity index is 2.37. The molecule has 2 N–H and O–H groups in total. The van der Waals surface area contributed by atoms with Crippen molar-refractivity contribution in [2.75, 3.05) is 11.9 Å². The zero-order valence-electron chi connectivity index (χ0n) is 8.70. The maximum absolute atomic E-state index is 9.27. The molecule has 1 aliphatic heterocycles. The number of nitrogens with one attached hydrogen (secondary N) is 1. The summed E-state index contributed by atoms with van der Waals surface area (Å²) in [4.78, 5) is 0. The average Bonchev–Trinajstić information content (AvgIpc) is 2.59. The summed E-state index contributed by atoms with van der Waals surface area (Å²) in [6.45, 7) is 5.29. The summed E-state index contributed by atoms with van der Waals surface area (Å²) in [5.74, 6) is 1.34. The van der Waals surface area contributed by atoms with Gasteiger partial charge in [-0.2, -0.15) is 5.10 Å². The van der Waals surface area contributed by atoms with Gasteiger partial charge in [-0.05, 0) is 20.3 Å². The number of hydrogen-bond donors (Lipinski definition) is 2. The molecular weight excluding hydrogens is 178 g/mol. The Morgan fingerprint density at radius 3 is 3.14 bits per heavy atom. The highest BCUT2D eigenvalue weighted by molar-refractivity contribution is 5.49. The van der Waals surface area contributed by atoms with Crippen LogP contribution in [0.1, 0.15) is 31.7 Å². The molecule has 0 bridgehead atoms. The Labute approximate surface area is 83.9 Å². The summed E-state index contributed by atoms with van der Waals surface area (Å²) in [7, 11) is 0. The van der Waals surface area contributed by atoms with E-state index in [1.54, 1.807) is 0 Å². The van der Waals surface area contributed by atoms with E-state index in [1.807, 2.05) is 10.9 Å². The van der Waals surface area contributed by atoms with E-state index in [-0.39, 0.29) is 12.5 Å². The minimum absolute atomic E-state index is 0.217. The molecule has 1 aromatic rings. The SMILES string of the molecule is CCn1ncc2c1N[C@H](C)C[C@@H]2CO. The Hall–Kier alpha value is -1.03. The van der Waals surface area contributed by atoms with E-state index in [0.717, 1.165) is 24.3 Å². The minimum Gasteiger partial charge on any atom is -0.396 e. The van der Waals surface area contributed by atoms with E-state index in [2.05, 4.69) is 24.3 Å². The molecule has 0 aromatic carbocycles. The second-order valence-electron chi connectivity index (χ2n) is 3.92. The maximum Gasteiger partial charge on any atom is 0.128 e. The van der Waals surface area contributed by atoms with Gasteiger partial charge in [0.2, 0.25) is 0 Å². The number of aryl methyl sites for hydroxylation is 1. The fraction of sp³-hybridized carbons (Fsp3) is 0.700. The Bertz CT molecular complexity index is 321. The molecule has 4 heteroatoms. The molecule has 1 aliphatic rings. The smallest absolute Gasteiger partial charge is 0.128 e. The van der Waals surface area contributed by atoms with Gasteiger partial charge >= 0.3 is 0 Å². The molecule has 0 saturated carbocycles. The van der Waals surface area contributed by atoms with Gasteiger partial charge in [0.15, 0.2) is 0 Å². The molecule has 78 valence electrons. The van der Waals surface area contributed by atoms with E-state index < -0.39 is 0 Å². The van der Waals surface area contributed by atoms with Gasteiger partial charge in [-0.3, -0.25) is 0 Å². The molecular formula is C10H17N3O. The summed E-state index contributed by atoms with van der Waals surface area (Å²) < 4.78 is 1.95. The zero-order chi connectivity index (χ0) is 10.1. The number of hydrogen-bond acceptors (Lipinski definition) is 3. The quantitative estimate of drug-likeness (QED) is 0.745. The molecule has 2 heterocycles. The second-order valence-corrected chi connectivity index (χ2v) is 3.92. The van der Waals surface area contributed by atoms with E-state index in [4.69, 9.17) is 0 Å². The zero-order valence-corrected chi connectivity index (χ0v) is 8.70. The van der Waals surface area contributed by atoms with Crippen molar-refractivity contribution in [3.05, 3.63) is 11.8 Å². The lowest BCUT2D eigenvalue weighted by Crippen LogP contribution is -2.27. The van der Waals surface area contributed by atoms with Gasteiger partial charge in [-0.15, -0.1) is 0 Å². The predicted molar refractivity (Wildman–Crippen MR) is 55.4 cm³/mol. The van der Waals surface area contributed by atoms with Crippen LogP contribution in [0.25, 0.3) is 0 Å². The highest BCUT2D eigenvalue weighted by atomic mass is 16.3. The van der Waals surface area contributed by atoms with Crippen LogP contribution < -0.4 is 5.32 Å². The molecule has 0 saturated heterocycles. The van der Waals surface area contributed by atoms with Crippen molar-refractivity contribution in [2.24, 2.45) is 0 Å². The first-order valence-electron chi connectivity index (χ1n) is 5.19. The van der Waals surface area contributed by atoms with E-state index in [0.29, 0.717) is 6.04 Å². The van der Waals surface area contributed by atoms with Crippen LogP contribution in [-0.2, 0) is 6.54 Å². The molecule has 0 radical (unpaired) electrons. The number of fused-ring (bicyclic) bond motifs is 1. The third-order valence-electron chi connectivity index (χ3n) is 2.85. The Kier molecular flexibility index (Phi) is 2.46. The van der Waals surface area contributed by atoms with Gasteiger partial charge in [-0.25, -0.2) is 4.68 Å². The monoisotopic (exact) mass is 195 g/mol. The fourth-order valence-corrected chi connectivity index (χ4v) is 2.12. The highest BCUT2D eigenvalue weighted by Gasteiger charge is 2.26. The molecule has 14 heavy (non-hydrogen) atoms. The lowest BCUT2D eigenvalue weighted by atomic mass is 9.91. The van der Waals surface area contributed by atoms with Gasteiger partial charge in [0.05, 0.1) is 12.8 Å². The average molecular weight is 195 g/mol. The standard InChI is InChI=1S/C10H17N3O/c1-3-13-10-9(5-11-13)8(6-14)4-7(2)12-10/h5,7-8,12,14H,3-4,6H2,1-2H3/t7-,8-/m1/s1. The number of nitrogens with zero attached hydrogens (tertiary/aromatic N) is 2. The van der Waals surface area contributed by atoms with Crippen LogP contribution >= 0.6 is 0 Å². The maximum atomic E-state index is 9.27. The molecule has 2 rings (SSSR count). The highest BCUT2D eigenvalue weighted by Crippen LogP contribution is 2.33. The summed E-state index contributed by atoms with van der Waals surface area (Å²) in [5, 5.41) is 17.0. The summed E-state index contributed by atoms with van der Waals surface area (Å²) in [6, 6.07) is 0.418. The molecule has 0 spiro atoms. The number of anilines is 1. The summed E-state index contributed by atoms with van der Waals surface area (Å²) >= 11 is 0.